The second kappa shape index (κ2) is 9.48. The van der Waals surface area contributed by atoms with Crippen molar-refractivity contribution in [3.8, 4) is 0 Å². The first-order valence-corrected chi connectivity index (χ1v) is 13.0. The minimum Gasteiger partial charge on any atom is -0.451 e. The number of esters is 1. The Morgan fingerprint density at radius 1 is 0.861 bits per heavy atom. The van der Waals surface area contributed by atoms with Crippen molar-refractivity contribution in [1.29, 1.82) is 0 Å². The lowest BCUT2D eigenvalue weighted by Crippen LogP contribution is -2.23. The van der Waals surface area contributed by atoms with Crippen LogP contribution in [0.5, 0.6) is 0 Å². The number of aryl methyl sites for hydroxylation is 1. The van der Waals surface area contributed by atoms with Crippen molar-refractivity contribution in [2.45, 2.75) is 44.8 Å². The topological polar surface area (TPSA) is 31.2 Å². The number of carbonyl (C=O) groups is 1. The van der Waals surface area contributed by atoms with Crippen LogP contribution in [-0.4, -0.2) is 10.5 Å². The van der Waals surface area contributed by atoms with Crippen LogP contribution >= 0.6 is 11.6 Å². The van der Waals surface area contributed by atoms with Crippen LogP contribution in [0.1, 0.15) is 54.2 Å². The summed E-state index contributed by atoms with van der Waals surface area (Å²) in [6.45, 7) is 1.90. The highest BCUT2D eigenvalue weighted by Crippen LogP contribution is 2.38. The smallest absolute Gasteiger partial charge is 0.329 e. The first-order valence-electron chi connectivity index (χ1n) is 12.6. The Kier molecular flexibility index (Phi) is 6.02. The summed E-state index contributed by atoms with van der Waals surface area (Å²) in [6, 6.07) is 28.3. The Balaban J connectivity index is 1.44. The van der Waals surface area contributed by atoms with Gasteiger partial charge in [-0.3, -0.25) is 0 Å². The molecule has 1 aliphatic carbocycles. The lowest BCUT2D eigenvalue weighted by Gasteiger charge is -2.27. The van der Waals surface area contributed by atoms with Crippen molar-refractivity contribution in [2.24, 2.45) is 0 Å². The van der Waals surface area contributed by atoms with Crippen molar-refractivity contribution in [1.82, 2.24) is 4.57 Å². The molecule has 0 amide bonds. The first-order chi connectivity index (χ1) is 17.6. The maximum atomic E-state index is 13.7. The van der Waals surface area contributed by atoms with Crippen LogP contribution < -0.4 is 0 Å². The van der Waals surface area contributed by atoms with Gasteiger partial charge in [-0.1, -0.05) is 72.3 Å². The van der Waals surface area contributed by atoms with Gasteiger partial charge in [0.15, 0.2) is 6.10 Å². The summed E-state index contributed by atoms with van der Waals surface area (Å²) < 4.78 is 8.44. The quantitative estimate of drug-likeness (QED) is 0.231. The summed E-state index contributed by atoms with van der Waals surface area (Å²) in [5, 5.41) is 3.94. The number of ether oxygens (including phenoxy) is 1. The zero-order valence-electron chi connectivity index (χ0n) is 20.3. The van der Waals surface area contributed by atoms with Crippen LogP contribution in [0.25, 0.3) is 21.7 Å². The van der Waals surface area contributed by atoms with Crippen molar-refractivity contribution in [3.63, 3.8) is 0 Å². The second-order valence-electron chi connectivity index (χ2n) is 9.68. The molecule has 4 aromatic carbocycles. The maximum Gasteiger partial charge on any atom is 0.329 e. The SMILES string of the molecule is C[C@@H](C(=O)OC(c1cccc2c1CCCC2)c1cccc2ccccc12)n1ccc2cc(Cl)ccc21. The van der Waals surface area contributed by atoms with Gasteiger partial charge in [-0.05, 0) is 78.8 Å². The van der Waals surface area contributed by atoms with Crippen LogP contribution in [0.4, 0.5) is 0 Å². The molecule has 2 atom stereocenters. The van der Waals surface area contributed by atoms with Crippen LogP contribution in [-0.2, 0) is 22.4 Å². The van der Waals surface area contributed by atoms with Gasteiger partial charge in [-0.2, -0.15) is 0 Å². The van der Waals surface area contributed by atoms with Crippen LogP contribution in [0.3, 0.4) is 0 Å². The molecule has 1 aromatic heterocycles. The number of aromatic nitrogens is 1. The van der Waals surface area contributed by atoms with Gasteiger partial charge in [-0.15, -0.1) is 0 Å². The van der Waals surface area contributed by atoms with E-state index in [9.17, 15) is 4.79 Å². The van der Waals surface area contributed by atoms with Crippen molar-refractivity contribution in [3.05, 3.63) is 118 Å². The fourth-order valence-electron chi connectivity index (χ4n) is 5.63. The highest BCUT2D eigenvalue weighted by atomic mass is 35.5. The Bertz CT molecular complexity index is 1580. The highest BCUT2D eigenvalue weighted by Gasteiger charge is 2.28. The molecule has 0 saturated heterocycles. The van der Waals surface area contributed by atoms with Gasteiger partial charge in [0.25, 0.3) is 0 Å². The molecule has 1 aliphatic rings. The number of rotatable bonds is 5. The number of nitrogens with zero attached hydrogens (tertiary/aromatic N) is 1. The van der Waals surface area contributed by atoms with Crippen molar-refractivity contribution < 1.29 is 9.53 Å². The lowest BCUT2D eigenvalue weighted by molar-refractivity contribution is -0.151. The molecule has 6 rings (SSSR count). The van der Waals surface area contributed by atoms with E-state index in [4.69, 9.17) is 16.3 Å². The van der Waals surface area contributed by atoms with Gasteiger partial charge >= 0.3 is 5.97 Å². The minimum absolute atomic E-state index is 0.256. The summed E-state index contributed by atoms with van der Waals surface area (Å²) in [5.41, 5.74) is 5.80. The molecule has 0 N–H and O–H groups in total. The number of benzene rings is 4. The maximum absolute atomic E-state index is 13.7. The molecule has 36 heavy (non-hydrogen) atoms. The zero-order valence-corrected chi connectivity index (χ0v) is 21.0. The Morgan fingerprint density at radius 3 is 2.56 bits per heavy atom. The van der Waals surface area contributed by atoms with Crippen LogP contribution in [0.15, 0.2) is 91.1 Å². The number of hydrogen-bond acceptors (Lipinski definition) is 2. The minimum atomic E-state index is -0.485. The molecule has 0 bridgehead atoms. The van der Waals surface area contributed by atoms with Gasteiger partial charge in [0.05, 0.1) is 0 Å². The van der Waals surface area contributed by atoms with Gasteiger partial charge < -0.3 is 9.30 Å². The van der Waals surface area contributed by atoms with E-state index in [0.29, 0.717) is 5.02 Å². The monoisotopic (exact) mass is 493 g/mol. The normalized spacial score (nSPS) is 14.9. The molecule has 0 fully saturated rings. The third-order valence-corrected chi connectivity index (χ3v) is 7.73. The molecule has 0 aliphatic heterocycles. The largest absolute Gasteiger partial charge is 0.451 e. The molecule has 3 nitrogen and oxygen atoms in total. The molecule has 1 heterocycles. The van der Waals surface area contributed by atoms with E-state index in [2.05, 4.69) is 48.5 Å². The summed E-state index contributed by atoms with van der Waals surface area (Å²) in [6.07, 6.45) is 5.92. The van der Waals surface area contributed by atoms with Crippen molar-refractivity contribution in [2.75, 3.05) is 0 Å². The van der Waals surface area contributed by atoms with E-state index in [0.717, 1.165) is 52.1 Å². The summed E-state index contributed by atoms with van der Waals surface area (Å²) in [4.78, 5) is 13.7. The third kappa shape index (κ3) is 4.08. The number of carbonyl (C=O) groups excluding carboxylic acids is 1. The summed E-state index contributed by atoms with van der Waals surface area (Å²) in [7, 11) is 0. The van der Waals surface area contributed by atoms with Gasteiger partial charge in [-0.25, -0.2) is 4.79 Å². The zero-order chi connectivity index (χ0) is 24.6. The predicted octanol–water partition coefficient (Wildman–Crippen LogP) is 8.22. The molecule has 0 saturated carbocycles. The average Bonchev–Trinajstić information content (AvgIpc) is 3.33. The molecule has 0 radical (unpaired) electrons. The van der Waals surface area contributed by atoms with Crippen LogP contribution in [0, 0.1) is 0 Å². The van der Waals surface area contributed by atoms with E-state index in [1.807, 2.05) is 54.1 Å². The Hall–Kier alpha value is -3.56. The lowest BCUT2D eigenvalue weighted by atomic mass is 9.84. The van der Waals surface area contributed by atoms with Gasteiger partial charge in [0.1, 0.15) is 6.04 Å². The van der Waals surface area contributed by atoms with E-state index >= 15 is 0 Å². The van der Waals surface area contributed by atoms with Crippen LogP contribution in [0.2, 0.25) is 5.02 Å². The van der Waals surface area contributed by atoms with E-state index in [-0.39, 0.29) is 5.97 Å². The average molecular weight is 494 g/mol. The van der Waals surface area contributed by atoms with Gasteiger partial charge in [0, 0.05) is 33.2 Å². The van der Waals surface area contributed by atoms with E-state index in [1.165, 1.54) is 17.5 Å². The molecule has 4 heteroatoms. The van der Waals surface area contributed by atoms with E-state index in [1.54, 1.807) is 0 Å². The fraction of sp³-hybridized carbons (Fsp3) is 0.219. The summed E-state index contributed by atoms with van der Waals surface area (Å²) in [5.74, 6) is -0.256. The first kappa shape index (κ1) is 22.9. The molecule has 5 aromatic rings. The number of fused-ring (bicyclic) bond motifs is 3. The molecule has 0 spiro atoms. The molecular formula is C32H28ClNO2. The molecule has 1 unspecified atom stereocenters. The Labute approximate surface area is 216 Å². The molecular weight excluding hydrogens is 466 g/mol. The number of halogens is 1. The van der Waals surface area contributed by atoms with E-state index < -0.39 is 12.1 Å². The fourth-order valence-corrected chi connectivity index (χ4v) is 5.81. The summed E-state index contributed by atoms with van der Waals surface area (Å²) >= 11 is 6.18. The third-order valence-electron chi connectivity index (χ3n) is 7.50. The second-order valence-corrected chi connectivity index (χ2v) is 10.1. The predicted molar refractivity (Wildman–Crippen MR) is 147 cm³/mol. The number of hydrogen-bond donors (Lipinski definition) is 0. The molecule has 180 valence electrons. The standard InChI is InChI=1S/C32H28ClNO2/c1-21(34-19-18-24-20-25(33)16-17-30(24)34)32(35)36-31(28-14-6-10-22-8-2-4-12-26(22)28)29-15-7-11-23-9-3-5-13-27(23)29/h2,4,6-8,10-12,14-21,31H,3,5,9,13H2,1H3/t21-,31?/m0/s1. The van der Waals surface area contributed by atoms with Crippen molar-refractivity contribution >= 4 is 39.2 Å². The highest BCUT2D eigenvalue weighted by molar-refractivity contribution is 6.31. The van der Waals surface area contributed by atoms with Gasteiger partial charge in [0.2, 0.25) is 0 Å². The Morgan fingerprint density at radius 2 is 1.64 bits per heavy atom.